The maximum absolute atomic E-state index is 12.4. The number of aryl methyl sites for hydroxylation is 2. The van der Waals surface area contributed by atoms with Gasteiger partial charge in [-0.25, -0.2) is 5.43 Å². The summed E-state index contributed by atoms with van der Waals surface area (Å²) in [5, 5.41) is 4.05. The summed E-state index contributed by atoms with van der Waals surface area (Å²) in [5.74, 6) is -0.174. The van der Waals surface area contributed by atoms with Crippen LogP contribution in [0.3, 0.4) is 0 Å². The number of nitrogens with zero attached hydrogens (tertiary/aromatic N) is 2. The first-order valence-corrected chi connectivity index (χ1v) is 9.65. The van der Waals surface area contributed by atoms with Gasteiger partial charge in [0.25, 0.3) is 0 Å². The second kappa shape index (κ2) is 8.38. The Morgan fingerprint density at radius 1 is 1.14 bits per heavy atom. The Hall–Kier alpha value is -2.95. The van der Waals surface area contributed by atoms with Gasteiger partial charge in [-0.15, -0.1) is 0 Å². The van der Waals surface area contributed by atoms with Crippen LogP contribution in [-0.4, -0.2) is 24.6 Å². The van der Waals surface area contributed by atoms with Gasteiger partial charge in [-0.05, 0) is 54.2 Å². The van der Waals surface area contributed by atoms with E-state index in [0.29, 0.717) is 12.5 Å². The first-order chi connectivity index (χ1) is 13.3. The lowest BCUT2D eigenvalue weighted by molar-refractivity contribution is -0.126. The van der Waals surface area contributed by atoms with E-state index in [1.807, 2.05) is 44.2 Å². The largest absolute Gasteiger partial charge is 0.312 e. The number of carbonyl (C=O) groups is 2. The molecule has 146 valence electrons. The van der Waals surface area contributed by atoms with Crippen molar-refractivity contribution in [3.8, 4) is 0 Å². The summed E-state index contributed by atoms with van der Waals surface area (Å²) in [6.07, 6.45) is 1.83. The third-order valence-corrected chi connectivity index (χ3v) is 5.29. The zero-order chi connectivity index (χ0) is 20.3. The summed E-state index contributed by atoms with van der Waals surface area (Å²) in [6, 6.07) is 14.0. The normalized spacial score (nSPS) is 17.0. The molecule has 2 aromatic carbocycles. The summed E-state index contributed by atoms with van der Waals surface area (Å²) >= 11 is 0. The zero-order valence-electron chi connectivity index (χ0n) is 16.9. The molecule has 1 heterocycles. The summed E-state index contributed by atoms with van der Waals surface area (Å²) in [5.41, 5.74) is 7.91. The van der Waals surface area contributed by atoms with Gasteiger partial charge in [-0.3, -0.25) is 9.59 Å². The van der Waals surface area contributed by atoms with Crippen LogP contribution in [0.15, 0.2) is 47.6 Å². The Labute approximate surface area is 166 Å². The van der Waals surface area contributed by atoms with Crippen LogP contribution in [0.25, 0.3) is 0 Å². The topological polar surface area (TPSA) is 61.8 Å². The Kier molecular flexibility index (Phi) is 5.93. The highest BCUT2D eigenvalue weighted by atomic mass is 16.2. The number of rotatable bonds is 5. The van der Waals surface area contributed by atoms with Gasteiger partial charge in [0, 0.05) is 18.7 Å². The van der Waals surface area contributed by atoms with E-state index in [0.717, 1.165) is 16.8 Å². The molecule has 2 amide bonds. The van der Waals surface area contributed by atoms with Crippen molar-refractivity contribution in [2.75, 3.05) is 11.4 Å². The van der Waals surface area contributed by atoms with E-state index in [4.69, 9.17) is 0 Å². The third kappa shape index (κ3) is 4.47. The third-order valence-electron chi connectivity index (χ3n) is 5.29. The number of hydrazone groups is 1. The molecule has 1 saturated heterocycles. The number of carbonyl (C=O) groups excluding carboxylic acids is 2. The van der Waals surface area contributed by atoms with Gasteiger partial charge >= 0.3 is 0 Å². The fraction of sp³-hybridized carbons (Fsp3) is 0.348. The average molecular weight is 377 g/mol. The van der Waals surface area contributed by atoms with Crippen LogP contribution < -0.4 is 10.3 Å². The van der Waals surface area contributed by atoms with E-state index < -0.39 is 5.92 Å². The van der Waals surface area contributed by atoms with Crippen molar-refractivity contribution < 1.29 is 9.59 Å². The van der Waals surface area contributed by atoms with Crippen LogP contribution in [0.4, 0.5) is 5.69 Å². The second-order valence-corrected chi connectivity index (χ2v) is 7.73. The molecule has 5 heteroatoms. The van der Waals surface area contributed by atoms with E-state index in [-0.39, 0.29) is 18.2 Å². The minimum atomic E-state index is -0.394. The number of benzene rings is 2. The Bertz CT molecular complexity index is 901. The fourth-order valence-corrected chi connectivity index (χ4v) is 3.25. The number of hydrogen-bond donors (Lipinski definition) is 1. The van der Waals surface area contributed by atoms with Gasteiger partial charge in [-0.2, -0.15) is 5.10 Å². The molecule has 28 heavy (non-hydrogen) atoms. The van der Waals surface area contributed by atoms with Crippen LogP contribution in [0, 0.1) is 19.8 Å². The number of nitrogens with one attached hydrogen (secondary N) is 1. The van der Waals surface area contributed by atoms with Crippen LogP contribution >= 0.6 is 0 Å². The lowest BCUT2D eigenvalue weighted by Gasteiger charge is -2.17. The molecule has 0 aromatic heterocycles. The Morgan fingerprint density at radius 3 is 2.50 bits per heavy atom. The van der Waals surface area contributed by atoms with Crippen molar-refractivity contribution in [1.82, 2.24) is 5.43 Å². The molecule has 1 aliphatic heterocycles. The predicted octanol–water partition coefficient (Wildman–Crippen LogP) is 3.93. The van der Waals surface area contributed by atoms with Crippen molar-refractivity contribution >= 4 is 23.7 Å². The highest BCUT2D eigenvalue weighted by Crippen LogP contribution is 2.27. The summed E-state index contributed by atoms with van der Waals surface area (Å²) < 4.78 is 0. The van der Waals surface area contributed by atoms with Crippen molar-refractivity contribution in [2.24, 2.45) is 11.0 Å². The lowest BCUT2D eigenvalue weighted by atomic mass is 10.0. The van der Waals surface area contributed by atoms with E-state index in [1.54, 1.807) is 11.1 Å². The van der Waals surface area contributed by atoms with Crippen molar-refractivity contribution in [1.29, 1.82) is 0 Å². The Morgan fingerprint density at radius 2 is 1.86 bits per heavy atom. The van der Waals surface area contributed by atoms with Gasteiger partial charge < -0.3 is 4.90 Å². The second-order valence-electron chi connectivity index (χ2n) is 7.73. The first kappa shape index (κ1) is 19.8. The molecular weight excluding hydrogens is 350 g/mol. The molecule has 0 aliphatic carbocycles. The summed E-state index contributed by atoms with van der Waals surface area (Å²) in [4.78, 5) is 26.5. The quantitative estimate of drug-likeness (QED) is 0.634. The van der Waals surface area contributed by atoms with E-state index >= 15 is 0 Å². The van der Waals surface area contributed by atoms with Crippen molar-refractivity contribution in [3.05, 3.63) is 64.7 Å². The summed E-state index contributed by atoms with van der Waals surface area (Å²) in [6.45, 7) is 8.73. The minimum Gasteiger partial charge on any atom is -0.312 e. The lowest BCUT2D eigenvalue weighted by Crippen LogP contribution is -2.30. The Balaban J connectivity index is 1.59. The molecule has 0 bridgehead atoms. The molecule has 2 aromatic rings. The van der Waals surface area contributed by atoms with Crippen LogP contribution in [0.1, 0.15) is 48.4 Å². The van der Waals surface area contributed by atoms with Gasteiger partial charge in [0.15, 0.2) is 0 Å². The van der Waals surface area contributed by atoms with Crippen molar-refractivity contribution in [2.45, 2.75) is 40.0 Å². The standard InChI is InChI=1S/C23H27N3O2/c1-15(2)19-8-6-18(7-9-19)13-24-25-23(28)20-12-22(27)26(14-20)21-10-5-16(3)17(4)11-21/h5-11,13,15,20H,12,14H2,1-4H3,(H,25,28)/b24-13-/t20-/m0/s1. The molecule has 0 saturated carbocycles. The zero-order valence-corrected chi connectivity index (χ0v) is 16.9. The molecule has 0 spiro atoms. The summed E-state index contributed by atoms with van der Waals surface area (Å²) in [7, 11) is 0. The van der Waals surface area contributed by atoms with E-state index in [1.165, 1.54) is 11.1 Å². The number of amides is 2. The maximum atomic E-state index is 12.4. The maximum Gasteiger partial charge on any atom is 0.245 e. The molecule has 3 rings (SSSR count). The molecule has 1 fully saturated rings. The molecular formula is C23H27N3O2. The molecule has 1 atom stereocenters. The van der Waals surface area contributed by atoms with Gasteiger partial charge in [0.2, 0.25) is 11.8 Å². The monoisotopic (exact) mass is 377 g/mol. The minimum absolute atomic E-state index is 0.0309. The van der Waals surface area contributed by atoms with Crippen LogP contribution in [0.2, 0.25) is 0 Å². The van der Waals surface area contributed by atoms with E-state index in [2.05, 4.69) is 36.5 Å². The molecule has 1 N–H and O–H groups in total. The van der Waals surface area contributed by atoms with E-state index in [9.17, 15) is 9.59 Å². The molecule has 0 unspecified atom stereocenters. The van der Waals surface area contributed by atoms with Gasteiger partial charge in [0.1, 0.15) is 0 Å². The molecule has 0 radical (unpaired) electrons. The smallest absolute Gasteiger partial charge is 0.245 e. The number of hydrogen-bond acceptors (Lipinski definition) is 3. The highest BCUT2D eigenvalue weighted by molar-refractivity contribution is 6.00. The fourth-order valence-electron chi connectivity index (χ4n) is 3.25. The molecule has 5 nitrogen and oxygen atoms in total. The first-order valence-electron chi connectivity index (χ1n) is 9.65. The number of anilines is 1. The van der Waals surface area contributed by atoms with Gasteiger partial charge in [-0.1, -0.05) is 44.2 Å². The van der Waals surface area contributed by atoms with Crippen LogP contribution in [-0.2, 0) is 9.59 Å². The average Bonchev–Trinajstić information content (AvgIpc) is 3.06. The SMILES string of the molecule is Cc1ccc(N2C[C@@H](C(=O)N/N=C\c3ccc(C(C)C)cc3)CC2=O)cc1C. The predicted molar refractivity (Wildman–Crippen MR) is 113 cm³/mol. The van der Waals surface area contributed by atoms with Crippen molar-refractivity contribution in [3.63, 3.8) is 0 Å². The molecule has 1 aliphatic rings. The van der Waals surface area contributed by atoms with Gasteiger partial charge in [0.05, 0.1) is 12.1 Å². The van der Waals surface area contributed by atoms with Crippen LogP contribution in [0.5, 0.6) is 0 Å². The highest BCUT2D eigenvalue weighted by Gasteiger charge is 2.35.